The van der Waals surface area contributed by atoms with Crippen LogP contribution in [0.5, 0.6) is 0 Å². The molecule has 0 atom stereocenters. The molecule has 0 saturated carbocycles. The molecule has 0 amide bonds. The first kappa shape index (κ1) is 15.5. The Hall–Kier alpha value is -2.41. The Morgan fingerprint density at radius 1 is 1.22 bits per heavy atom. The van der Waals surface area contributed by atoms with Gasteiger partial charge in [-0.1, -0.05) is 6.07 Å². The lowest BCUT2D eigenvalue weighted by molar-refractivity contribution is 0.380. The van der Waals surface area contributed by atoms with Gasteiger partial charge in [-0.3, -0.25) is 5.43 Å². The predicted octanol–water partition coefficient (Wildman–Crippen LogP) is 2.10. The van der Waals surface area contributed by atoms with E-state index in [1.165, 1.54) is 0 Å². The first-order chi connectivity index (χ1) is 11.2. The van der Waals surface area contributed by atoms with Gasteiger partial charge in [-0.05, 0) is 43.4 Å². The largest absolute Gasteiger partial charge is 0.463 e. The third-order valence-electron chi connectivity index (χ3n) is 3.74. The second-order valence-corrected chi connectivity index (χ2v) is 5.64. The molecule has 0 unspecified atom stereocenters. The Labute approximate surface area is 140 Å². The van der Waals surface area contributed by atoms with Crippen LogP contribution >= 0.6 is 12.2 Å². The maximum Gasteiger partial charge on any atom is 0.189 e. The van der Waals surface area contributed by atoms with Crippen molar-refractivity contribution in [1.29, 1.82) is 0 Å². The maximum atomic E-state index is 5.42. The summed E-state index contributed by atoms with van der Waals surface area (Å²) < 4.78 is 5.29. The summed E-state index contributed by atoms with van der Waals surface area (Å²) in [6.07, 6.45) is 3.45. The normalized spacial score (nSPS) is 15.6. The van der Waals surface area contributed by atoms with Crippen molar-refractivity contribution in [2.45, 2.75) is 6.92 Å². The van der Waals surface area contributed by atoms with E-state index < -0.39 is 0 Å². The molecule has 7 heteroatoms. The third kappa shape index (κ3) is 3.87. The number of hydrogen-bond acceptors (Lipinski definition) is 5. The number of hydrogen-bond donors (Lipinski definition) is 1. The Morgan fingerprint density at radius 2 is 2.04 bits per heavy atom. The van der Waals surface area contributed by atoms with Crippen LogP contribution in [-0.4, -0.2) is 46.9 Å². The van der Waals surface area contributed by atoms with Gasteiger partial charge in [-0.25, -0.2) is 4.98 Å². The molecule has 2 aromatic heterocycles. The molecule has 1 fully saturated rings. The quantitative estimate of drug-likeness (QED) is 0.529. The molecular weight excluding hydrogens is 310 g/mol. The van der Waals surface area contributed by atoms with E-state index in [0.29, 0.717) is 5.11 Å². The minimum absolute atomic E-state index is 0.636. The van der Waals surface area contributed by atoms with E-state index in [0.717, 1.165) is 43.5 Å². The average molecular weight is 329 g/mol. The lowest BCUT2D eigenvalue weighted by atomic mass is 10.3. The second kappa shape index (κ2) is 7.23. The highest BCUT2D eigenvalue weighted by Gasteiger charge is 2.19. The first-order valence-corrected chi connectivity index (χ1v) is 7.94. The SMILES string of the molecule is C/C(=N/NC(=S)N1CCN(c2ccccn2)CC1)c1ccco1. The van der Waals surface area contributed by atoms with E-state index in [2.05, 4.69) is 25.3 Å². The predicted molar refractivity (Wildman–Crippen MR) is 94.7 cm³/mol. The highest BCUT2D eigenvalue weighted by molar-refractivity contribution is 7.80. The summed E-state index contributed by atoms with van der Waals surface area (Å²) >= 11 is 5.42. The number of anilines is 1. The molecule has 2 aromatic rings. The number of hydrazone groups is 1. The van der Waals surface area contributed by atoms with Gasteiger partial charge in [0.25, 0.3) is 0 Å². The van der Waals surface area contributed by atoms with Crippen molar-refractivity contribution in [3.63, 3.8) is 0 Å². The second-order valence-electron chi connectivity index (χ2n) is 5.25. The molecule has 0 radical (unpaired) electrons. The van der Waals surface area contributed by atoms with Crippen LogP contribution in [0.3, 0.4) is 0 Å². The minimum Gasteiger partial charge on any atom is -0.463 e. The van der Waals surface area contributed by atoms with Crippen LogP contribution in [0.25, 0.3) is 0 Å². The topological polar surface area (TPSA) is 56.9 Å². The molecule has 120 valence electrons. The summed E-state index contributed by atoms with van der Waals surface area (Å²) in [5.74, 6) is 1.75. The fourth-order valence-corrected chi connectivity index (χ4v) is 2.65. The monoisotopic (exact) mass is 329 g/mol. The molecule has 0 aromatic carbocycles. The number of piperazine rings is 1. The molecule has 23 heavy (non-hydrogen) atoms. The van der Waals surface area contributed by atoms with Gasteiger partial charge in [-0.2, -0.15) is 5.10 Å². The Balaban J connectivity index is 1.51. The summed E-state index contributed by atoms with van der Waals surface area (Å²) in [7, 11) is 0. The molecule has 3 rings (SSSR count). The number of nitrogens with zero attached hydrogens (tertiary/aromatic N) is 4. The highest BCUT2D eigenvalue weighted by atomic mass is 32.1. The average Bonchev–Trinajstić information content (AvgIpc) is 3.15. The summed E-state index contributed by atoms with van der Waals surface area (Å²) in [6.45, 7) is 5.35. The summed E-state index contributed by atoms with van der Waals surface area (Å²) in [5.41, 5.74) is 3.71. The number of aromatic nitrogens is 1. The van der Waals surface area contributed by atoms with Crippen LogP contribution in [0.4, 0.5) is 5.82 Å². The molecule has 1 N–H and O–H groups in total. The van der Waals surface area contributed by atoms with E-state index >= 15 is 0 Å². The minimum atomic E-state index is 0.636. The van der Waals surface area contributed by atoms with E-state index in [1.807, 2.05) is 43.5 Å². The molecule has 0 aliphatic carbocycles. The number of nitrogens with one attached hydrogen (secondary N) is 1. The molecule has 6 nitrogen and oxygen atoms in total. The lowest BCUT2D eigenvalue weighted by Gasteiger charge is -2.36. The number of rotatable bonds is 3. The molecule has 0 spiro atoms. The number of pyridine rings is 1. The van der Waals surface area contributed by atoms with Crippen LogP contribution in [0.2, 0.25) is 0 Å². The smallest absolute Gasteiger partial charge is 0.189 e. The molecule has 1 aliphatic rings. The van der Waals surface area contributed by atoms with Gasteiger partial charge in [-0.15, -0.1) is 0 Å². The van der Waals surface area contributed by atoms with Crippen LogP contribution in [0, 0.1) is 0 Å². The zero-order valence-corrected chi connectivity index (χ0v) is 13.8. The van der Waals surface area contributed by atoms with Gasteiger partial charge in [0.15, 0.2) is 5.11 Å². The molecule has 0 bridgehead atoms. The maximum absolute atomic E-state index is 5.42. The van der Waals surface area contributed by atoms with Crippen molar-refractivity contribution in [2.24, 2.45) is 5.10 Å². The summed E-state index contributed by atoms with van der Waals surface area (Å²) in [5, 5.41) is 4.92. The van der Waals surface area contributed by atoms with Gasteiger partial charge in [0.2, 0.25) is 0 Å². The van der Waals surface area contributed by atoms with Crippen molar-refractivity contribution < 1.29 is 4.42 Å². The number of thiocarbonyl (C=S) groups is 1. The van der Waals surface area contributed by atoms with Gasteiger partial charge < -0.3 is 14.2 Å². The van der Waals surface area contributed by atoms with E-state index in [1.54, 1.807) is 6.26 Å². The van der Waals surface area contributed by atoms with E-state index in [-0.39, 0.29) is 0 Å². The van der Waals surface area contributed by atoms with Crippen molar-refractivity contribution in [1.82, 2.24) is 15.3 Å². The molecular formula is C16H19N5OS. The third-order valence-corrected chi connectivity index (χ3v) is 4.09. The standard InChI is InChI=1S/C16H19N5OS/c1-13(14-5-4-12-22-14)18-19-16(23)21-10-8-20(9-11-21)15-6-2-3-7-17-15/h2-7,12H,8-11H2,1H3,(H,19,23)/b18-13-. The van der Waals surface area contributed by atoms with Crippen LogP contribution in [0.1, 0.15) is 12.7 Å². The van der Waals surface area contributed by atoms with Gasteiger partial charge in [0.1, 0.15) is 17.3 Å². The van der Waals surface area contributed by atoms with Gasteiger partial charge in [0.05, 0.1) is 6.26 Å². The number of furan rings is 1. The van der Waals surface area contributed by atoms with Crippen molar-refractivity contribution >= 4 is 28.9 Å². The molecule has 1 aliphatic heterocycles. The first-order valence-electron chi connectivity index (χ1n) is 7.53. The fourth-order valence-electron chi connectivity index (χ4n) is 2.42. The Bertz CT molecular complexity index is 663. The Morgan fingerprint density at radius 3 is 2.70 bits per heavy atom. The lowest BCUT2D eigenvalue weighted by Crippen LogP contribution is -2.51. The van der Waals surface area contributed by atoms with Crippen LogP contribution < -0.4 is 10.3 Å². The van der Waals surface area contributed by atoms with Crippen molar-refractivity contribution in [3.8, 4) is 0 Å². The van der Waals surface area contributed by atoms with Gasteiger partial charge >= 0.3 is 0 Å². The fraction of sp³-hybridized carbons (Fsp3) is 0.312. The van der Waals surface area contributed by atoms with E-state index in [9.17, 15) is 0 Å². The highest BCUT2D eigenvalue weighted by Crippen LogP contribution is 2.12. The Kier molecular flexibility index (Phi) is 4.87. The molecule has 1 saturated heterocycles. The van der Waals surface area contributed by atoms with Crippen LogP contribution in [0.15, 0.2) is 52.3 Å². The van der Waals surface area contributed by atoms with Crippen molar-refractivity contribution in [2.75, 3.05) is 31.1 Å². The van der Waals surface area contributed by atoms with Crippen molar-refractivity contribution in [3.05, 3.63) is 48.6 Å². The summed E-state index contributed by atoms with van der Waals surface area (Å²) in [6, 6.07) is 9.67. The van der Waals surface area contributed by atoms with E-state index in [4.69, 9.17) is 16.6 Å². The zero-order valence-electron chi connectivity index (χ0n) is 13.0. The molecule has 3 heterocycles. The summed E-state index contributed by atoms with van der Waals surface area (Å²) in [4.78, 5) is 8.77. The van der Waals surface area contributed by atoms with Crippen LogP contribution in [-0.2, 0) is 0 Å². The zero-order chi connectivity index (χ0) is 16.1. The van der Waals surface area contributed by atoms with Gasteiger partial charge in [0, 0.05) is 32.4 Å².